The lowest BCUT2D eigenvalue weighted by Crippen LogP contribution is -2.36. The largest absolute Gasteiger partial charge is 0.494 e. The van der Waals surface area contributed by atoms with E-state index in [1.807, 2.05) is 0 Å². The average molecular weight is 322 g/mol. The second-order valence-corrected chi connectivity index (χ2v) is 5.54. The van der Waals surface area contributed by atoms with Crippen molar-refractivity contribution in [2.75, 3.05) is 0 Å². The van der Waals surface area contributed by atoms with Gasteiger partial charge in [0.1, 0.15) is 5.56 Å². The zero-order valence-electron chi connectivity index (χ0n) is 13.1. The van der Waals surface area contributed by atoms with E-state index in [0.29, 0.717) is 6.42 Å². The third-order valence-electron chi connectivity index (χ3n) is 3.97. The van der Waals surface area contributed by atoms with Crippen LogP contribution >= 0.6 is 0 Å². The smallest absolute Gasteiger partial charge is 0.331 e. The van der Waals surface area contributed by atoms with Crippen molar-refractivity contribution in [3.8, 4) is 5.88 Å². The van der Waals surface area contributed by atoms with E-state index in [-0.39, 0.29) is 29.2 Å². The van der Waals surface area contributed by atoms with Gasteiger partial charge in [-0.2, -0.15) is 5.10 Å². The Morgan fingerprint density at radius 2 is 1.91 bits per heavy atom. The number of aromatic hydroxyl groups is 1. The molecule has 1 fully saturated rings. The lowest BCUT2D eigenvalue weighted by Gasteiger charge is -2.25. The fourth-order valence-electron chi connectivity index (χ4n) is 2.89. The molecule has 1 saturated carbocycles. The molecule has 0 aromatic carbocycles. The van der Waals surface area contributed by atoms with Crippen LogP contribution in [0.5, 0.6) is 5.88 Å². The number of nitrogens with zero attached hydrogens (tertiary/aromatic N) is 3. The number of hydrogen-bond acceptors (Lipinski definition) is 5. The number of H-pyrrole nitrogens is 1. The zero-order valence-corrected chi connectivity index (χ0v) is 13.1. The molecule has 0 spiro atoms. The molecule has 0 unspecified atom stereocenters. The Balaban J connectivity index is 2.60. The standard InChI is InChI=1S/C14H22N6O3/c1-2-9(18-19-13(15)16)10-11(21)17-14(23)20(12(10)22)8-6-4-3-5-7-8/h8,22H,2-7H2,1H3,(H4,15,16,19)(H,17,21,23). The Bertz CT molecular complexity index is 736. The quantitative estimate of drug-likeness (QED) is 0.353. The van der Waals surface area contributed by atoms with Crippen molar-refractivity contribution in [3.05, 3.63) is 26.4 Å². The van der Waals surface area contributed by atoms with Gasteiger partial charge in [-0.1, -0.05) is 26.2 Å². The summed E-state index contributed by atoms with van der Waals surface area (Å²) < 4.78 is 1.25. The minimum Gasteiger partial charge on any atom is -0.494 e. The second kappa shape index (κ2) is 7.12. The number of hydrogen-bond donors (Lipinski definition) is 4. The van der Waals surface area contributed by atoms with Crippen molar-refractivity contribution in [3.63, 3.8) is 0 Å². The van der Waals surface area contributed by atoms with Crippen LogP contribution in [0.3, 0.4) is 0 Å². The second-order valence-electron chi connectivity index (χ2n) is 5.54. The number of nitrogens with two attached hydrogens (primary N) is 2. The number of nitrogens with one attached hydrogen (secondary N) is 1. The van der Waals surface area contributed by atoms with Crippen LogP contribution in [-0.2, 0) is 0 Å². The molecule has 23 heavy (non-hydrogen) atoms. The van der Waals surface area contributed by atoms with Crippen molar-refractivity contribution >= 4 is 11.7 Å². The van der Waals surface area contributed by atoms with Gasteiger partial charge >= 0.3 is 5.69 Å². The fourth-order valence-corrected chi connectivity index (χ4v) is 2.89. The minimum atomic E-state index is -0.703. The van der Waals surface area contributed by atoms with Crippen LogP contribution in [0.4, 0.5) is 0 Å². The Hall–Kier alpha value is -2.58. The SMILES string of the molecule is CCC(=NN=C(N)N)c1c(O)n(C2CCCCC2)c(=O)[nH]c1=O. The molecule has 9 nitrogen and oxygen atoms in total. The van der Waals surface area contributed by atoms with Gasteiger partial charge in [0, 0.05) is 6.04 Å². The Kier molecular flexibility index (Phi) is 5.20. The maximum atomic E-state index is 12.1. The van der Waals surface area contributed by atoms with Gasteiger partial charge in [0.2, 0.25) is 11.8 Å². The summed E-state index contributed by atoms with van der Waals surface area (Å²) in [4.78, 5) is 26.5. The van der Waals surface area contributed by atoms with Gasteiger partial charge in [0.05, 0.1) is 5.71 Å². The van der Waals surface area contributed by atoms with Crippen LogP contribution < -0.4 is 22.7 Å². The summed E-state index contributed by atoms with van der Waals surface area (Å²) in [6, 6.07) is -0.131. The van der Waals surface area contributed by atoms with Gasteiger partial charge in [0.15, 0.2) is 0 Å². The molecule has 0 aliphatic heterocycles. The van der Waals surface area contributed by atoms with Crippen LogP contribution in [0.25, 0.3) is 0 Å². The highest BCUT2D eigenvalue weighted by Gasteiger charge is 2.24. The van der Waals surface area contributed by atoms with Gasteiger partial charge in [-0.05, 0) is 19.3 Å². The summed E-state index contributed by atoms with van der Waals surface area (Å²) in [6.07, 6.45) is 4.95. The van der Waals surface area contributed by atoms with Gasteiger partial charge in [-0.3, -0.25) is 14.3 Å². The first-order valence-electron chi connectivity index (χ1n) is 7.69. The summed E-state index contributed by atoms with van der Waals surface area (Å²) >= 11 is 0. The molecule has 0 amide bonds. The molecule has 0 atom stereocenters. The van der Waals surface area contributed by atoms with E-state index >= 15 is 0 Å². The highest BCUT2D eigenvalue weighted by molar-refractivity contribution is 6.02. The molecule has 1 aromatic rings. The molecular formula is C14H22N6O3. The van der Waals surface area contributed by atoms with Crippen molar-refractivity contribution in [1.82, 2.24) is 9.55 Å². The van der Waals surface area contributed by atoms with Crippen molar-refractivity contribution in [1.29, 1.82) is 0 Å². The van der Waals surface area contributed by atoms with E-state index in [1.54, 1.807) is 6.92 Å². The third kappa shape index (κ3) is 3.61. The minimum absolute atomic E-state index is 0.0670. The van der Waals surface area contributed by atoms with E-state index in [2.05, 4.69) is 15.2 Å². The van der Waals surface area contributed by atoms with E-state index < -0.39 is 11.2 Å². The fraction of sp³-hybridized carbons (Fsp3) is 0.571. The summed E-state index contributed by atoms with van der Waals surface area (Å²) in [5.41, 5.74) is 9.30. The highest BCUT2D eigenvalue weighted by Crippen LogP contribution is 2.30. The molecule has 1 heterocycles. The van der Waals surface area contributed by atoms with Crippen molar-refractivity contribution < 1.29 is 5.11 Å². The van der Waals surface area contributed by atoms with E-state index in [1.165, 1.54) is 4.57 Å². The van der Waals surface area contributed by atoms with Gasteiger partial charge in [-0.15, -0.1) is 5.10 Å². The number of guanidine groups is 1. The van der Waals surface area contributed by atoms with E-state index in [4.69, 9.17) is 11.5 Å². The molecule has 1 aliphatic carbocycles. The Morgan fingerprint density at radius 1 is 1.26 bits per heavy atom. The Labute approximate surface area is 132 Å². The Morgan fingerprint density at radius 3 is 2.48 bits per heavy atom. The predicted octanol–water partition coefficient (Wildman–Crippen LogP) is 0.135. The first-order valence-corrected chi connectivity index (χ1v) is 7.69. The molecule has 2 rings (SSSR count). The molecule has 0 radical (unpaired) electrons. The van der Waals surface area contributed by atoms with Crippen molar-refractivity contribution in [2.45, 2.75) is 51.5 Å². The number of aromatic nitrogens is 2. The summed E-state index contributed by atoms with van der Waals surface area (Å²) in [5, 5.41) is 17.9. The van der Waals surface area contributed by atoms with Crippen LogP contribution in [0, 0.1) is 0 Å². The van der Waals surface area contributed by atoms with E-state index in [0.717, 1.165) is 32.1 Å². The van der Waals surface area contributed by atoms with Gasteiger partial charge in [-0.25, -0.2) is 4.79 Å². The zero-order chi connectivity index (χ0) is 17.0. The lowest BCUT2D eigenvalue weighted by molar-refractivity contribution is 0.298. The van der Waals surface area contributed by atoms with Crippen molar-refractivity contribution in [2.24, 2.45) is 21.7 Å². The first-order chi connectivity index (χ1) is 11.0. The van der Waals surface area contributed by atoms with Gasteiger partial charge in [0.25, 0.3) is 5.56 Å². The van der Waals surface area contributed by atoms with Gasteiger partial charge < -0.3 is 16.6 Å². The topological polar surface area (TPSA) is 152 Å². The number of rotatable bonds is 4. The molecule has 126 valence electrons. The third-order valence-corrected chi connectivity index (χ3v) is 3.97. The summed E-state index contributed by atoms with van der Waals surface area (Å²) in [7, 11) is 0. The van der Waals surface area contributed by atoms with E-state index in [9.17, 15) is 14.7 Å². The maximum Gasteiger partial charge on any atom is 0.331 e. The molecule has 6 N–H and O–H groups in total. The summed E-state index contributed by atoms with van der Waals surface area (Å²) in [5.74, 6) is -0.635. The predicted molar refractivity (Wildman–Crippen MR) is 87.7 cm³/mol. The monoisotopic (exact) mass is 322 g/mol. The molecule has 1 aliphatic rings. The maximum absolute atomic E-state index is 12.1. The van der Waals surface area contributed by atoms with Crippen LogP contribution in [0.1, 0.15) is 57.1 Å². The van der Waals surface area contributed by atoms with Crippen LogP contribution in [0.2, 0.25) is 0 Å². The average Bonchev–Trinajstić information content (AvgIpc) is 2.51. The lowest BCUT2D eigenvalue weighted by atomic mass is 9.95. The van der Waals surface area contributed by atoms with Crippen LogP contribution in [-0.4, -0.2) is 26.3 Å². The molecule has 0 bridgehead atoms. The molecule has 9 heteroatoms. The normalized spacial score (nSPS) is 16.3. The first kappa shape index (κ1) is 16.8. The highest BCUT2D eigenvalue weighted by atomic mass is 16.3. The molecular weight excluding hydrogens is 300 g/mol. The summed E-state index contributed by atoms with van der Waals surface area (Å²) in [6.45, 7) is 1.75. The van der Waals surface area contributed by atoms with Crippen LogP contribution in [0.15, 0.2) is 19.8 Å². The molecule has 0 saturated heterocycles. The number of aromatic amines is 1. The molecule has 1 aromatic heterocycles.